The van der Waals surface area contributed by atoms with Gasteiger partial charge in [0.05, 0.1) is 12.7 Å². The fourth-order valence-electron chi connectivity index (χ4n) is 3.21. The molecule has 2 aliphatic heterocycles. The molecule has 0 amide bonds. The zero-order valence-corrected chi connectivity index (χ0v) is 13.6. The Morgan fingerprint density at radius 2 is 2.27 bits per heavy atom. The minimum atomic E-state index is -0.618. The van der Waals surface area contributed by atoms with Crippen molar-refractivity contribution >= 4 is 5.96 Å². The third-order valence-electron chi connectivity index (χ3n) is 4.14. The van der Waals surface area contributed by atoms with E-state index in [1.54, 1.807) is 0 Å². The monoisotopic (exact) mass is 314 g/mol. The van der Waals surface area contributed by atoms with Crippen LogP contribution in [0.1, 0.15) is 33.6 Å². The van der Waals surface area contributed by atoms with Gasteiger partial charge in [-0.2, -0.15) is 0 Å². The van der Waals surface area contributed by atoms with Crippen LogP contribution in [0, 0.1) is 16.0 Å². The molecule has 0 spiro atoms. The van der Waals surface area contributed by atoms with Crippen LogP contribution < -0.4 is 0 Å². The Bertz CT molecular complexity index is 418. The van der Waals surface area contributed by atoms with E-state index in [1.165, 1.54) is 0 Å². The highest BCUT2D eigenvalue weighted by Crippen LogP contribution is 2.23. The number of nitrogens with zero attached hydrogens (tertiary/aromatic N) is 4. The zero-order chi connectivity index (χ0) is 16.1. The molecule has 0 bridgehead atoms. The van der Waals surface area contributed by atoms with Gasteiger partial charge >= 0.3 is 0 Å². The van der Waals surface area contributed by atoms with Gasteiger partial charge in [-0.3, -0.25) is 0 Å². The molecule has 8 nitrogen and oxygen atoms in total. The quantitative estimate of drug-likeness (QED) is 0.521. The molecule has 0 aromatic rings. The molecular weight excluding hydrogens is 288 g/mol. The SMILES string of the molecule is CCOC(CC)N1CCN(CC2COC(C)C2)C1=N[N+](=O)[O-]. The molecular formula is C14H26N4O4. The summed E-state index contributed by atoms with van der Waals surface area (Å²) in [4.78, 5) is 14.8. The molecule has 0 aromatic carbocycles. The van der Waals surface area contributed by atoms with Crippen LogP contribution in [-0.4, -0.2) is 66.0 Å². The van der Waals surface area contributed by atoms with Gasteiger partial charge in [-0.15, -0.1) is 0 Å². The van der Waals surface area contributed by atoms with E-state index < -0.39 is 5.03 Å². The van der Waals surface area contributed by atoms with Crippen LogP contribution in [0.5, 0.6) is 0 Å². The highest BCUT2D eigenvalue weighted by atomic mass is 16.7. The minimum absolute atomic E-state index is 0.160. The van der Waals surface area contributed by atoms with Crippen molar-refractivity contribution in [1.29, 1.82) is 0 Å². The van der Waals surface area contributed by atoms with Crippen molar-refractivity contribution in [2.24, 2.45) is 11.0 Å². The molecule has 2 fully saturated rings. The van der Waals surface area contributed by atoms with E-state index in [9.17, 15) is 10.1 Å². The second-order valence-corrected chi connectivity index (χ2v) is 5.84. The van der Waals surface area contributed by atoms with Gasteiger partial charge in [0.1, 0.15) is 11.3 Å². The van der Waals surface area contributed by atoms with E-state index >= 15 is 0 Å². The Labute approximate surface area is 131 Å². The van der Waals surface area contributed by atoms with Crippen LogP contribution in [0.4, 0.5) is 0 Å². The van der Waals surface area contributed by atoms with Crippen LogP contribution in [0.2, 0.25) is 0 Å². The van der Waals surface area contributed by atoms with Gasteiger partial charge in [0.15, 0.2) is 5.03 Å². The Hall–Kier alpha value is -1.41. The fourth-order valence-corrected chi connectivity index (χ4v) is 3.21. The summed E-state index contributed by atoms with van der Waals surface area (Å²) in [6.45, 7) is 9.48. The fraction of sp³-hybridized carbons (Fsp3) is 0.929. The Morgan fingerprint density at radius 3 is 2.82 bits per heavy atom. The summed E-state index contributed by atoms with van der Waals surface area (Å²) in [7, 11) is 0. The van der Waals surface area contributed by atoms with Crippen molar-refractivity contribution in [1.82, 2.24) is 9.80 Å². The maximum atomic E-state index is 10.9. The van der Waals surface area contributed by atoms with Gasteiger partial charge in [-0.1, -0.05) is 6.92 Å². The second kappa shape index (κ2) is 7.73. The number of nitro groups is 1. The van der Waals surface area contributed by atoms with Gasteiger partial charge in [0.2, 0.25) is 0 Å². The molecule has 8 heteroatoms. The number of ether oxygens (including phenoxy) is 2. The zero-order valence-electron chi connectivity index (χ0n) is 13.6. The molecule has 2 saturated heterocycles. The molecule has 126 valence electrons. The first kappa shape index (κ1) is 17.0. The van der Waals surface area contributed by atoms with Crippen molar-refractivity contribution in [3.8, 4) is 0 Å². The standard InChI is InChI=1S/C14H26N4O4/c1-4-13(21-5-2)17-7-6-16(14(17)15-18(19)20)9-12-8-11(3)22-10-12/h11-13H,4-10H2,1-3H3. The first-order chi connectivity index (χ1) is 10.5. The lowest BCUT2D eigenvalue weighted by Crippen LogP contribution is -2.43. The van der Waals surface area contributed by atoms with Crippen molar-refractivity contribution in [2.75, 3.05) is 32.8 Å². The van der Waals surface area contributed by atoms with Crippen molar-refractivity contribution < 1.29 is 14.5 Å². The molecule has 0 aliphatic carbocycles. The van der Waals surface area contributed by atoms with Gasteiger partial charge in [-0.25, -0.2) is 10.1 Å². The number of rotatable bonds is 7. The predicted molar refractivity (Wildman–Crippen MR) is 81.9 cm³/mol. The highest BCUT2D eigenvalue weighted by Gasteiger charge is 2.36. The summed E-state index contributed by atoms with van der Waals surface area (Å²) in [5.74, 6) is 0.823. The first-order valence-corrected chi connectivity index (χ1v) is 8.02. The van der Waals surface area contributed by atoms with Crippen molar-refractivity contribution in [3.05, 3.63) is 10.1 Å². The molecule has 3 unspecified atom stereocenters. The van der Waals surface area contributed by atoms with Crippen LogP contribution in [0.15, 0.2) is 5.10 Å². The summed E-state index contributed by atoms with van der Waals surface area (Å²) in [6, 6.07) is 0. The van der Waals surface area contributed by atoms with Gasteiger partial charge < -0.3 is 19.3 Å². The van der Waals surface area contributed by atoms with Gasteiger partial charge in [0.25, 0.3) is 5.96 Å². The molecule has 2 heterocycles. The van der Waals surface area contributed by atoms with Crippen LogP contribution >= 0.6 is 0 Å². The average molecular weight is 314 g/mol. The average Bonchev–Trinajstić information content (AvgIpc) is 3.04. The summed E-state index contributed by atoms with van der Waals surface area (Å²) in [5, 5.41) is 13.9. The third-order valence-corrected chi connectivity index (χ3v) is 4.14. The number of hydrogen-bond donors (Lipinski definition) is 0. The molecule has 0 saturated carbocycles. The van der Waals surface area contributed by atoms with Crippen molar-refractivity contribution in [3.63, 3.8) is 0 Å². The molecule has 2 rings (SSSR count). The molecule has 0 N–H and O–H groups in total. The van der Waals surface area contributed by atoms with Crippen molar-refractivity contribution in [2.45, 2.75) is 45.9 Å². The molecule has 0 aromatic heterocycles. The molecule has 0 radical (unpaired) electrons. The lowest BCUT2D eigenvalue weighted by atomic mass is 10.1. The van der Waals surface area contributed by atoms with Crippen LogP contribution in [-0.2, 0) is 9.47 Å². The normalized spacial score (nSPS) is 28.6. The Kier molecular flexibility index (Phi) is 5.96. The second-order valence-electron chi connectivity index (χ2n) is 5.84. The highest BCUT2D eigenvalue weighted by molar-refractivity contribution is 5.81. The van der Waals surface area contributed by atoms with E-state index in [-0.39, 0.29) is 12.3 Å². The molecule has 3 atom stereocenters. The largest absolute Gasteiger partial charge is 0.378 e. The lowest BCUT2D eigenvalue weighted by Gasteiger charge is -2.28. The summed E-state index contributed by atoms with van der Waals surface area (Å²) >= 11 is 0. The minimum Gasteiger partial charge on any atom is -0.378 e. The van der Waals surface area contributed by atoms with E-state index in [2.05, 4.69) is 12.0 Å². The predicted octanol–water partition coefficient (Wildman–Crippen LogP) is 1.35. The van der Waals surface area contributed by atoms with Gasteiger partial charge in [0, 0.05) is 32.2 Å². The van der Waals surface area contributed by atoms with E-state index in [0.29, 0.717) is 31.6 Å². The number of hydrogen-bond acceptors (Lipinski definition) is 4. The van der Waals surface area contributed by atoms with Crippen LogP contribution in [0.3, 0.4) is 0 Å². The Balaban J connectivity index is 2.08. The number of guanidine groups is 1. The smallest absolute Gasteiger partial charge is 0.276 e. The summed E-state index contributed by atoms with van der Waals surface area (Å²) in [6.07, 6.45) is 1.87. The molecule has 22 heavy (non-hydrogen) atoms. The topological polar surface area (TPSA) is 80.4 Å². The maximum absolute atomic E-state index is 10.9. The van der Waals surface area contributed by atoms with Crippen LogP contribution in [0.25, 0.3) is 0 Å². The van der Waals surface area contributed by atoms with Gasteiger partial charge in [-0.05, 0) is 26.7 Å². The third kappa shape index (κ3) is 4.07. The van der Waals surface area contributed by atoms with E-state index in [1.807, 2.05) is 23.6 Å². The van der Waals surface area contributed by atoms with E-state index in [4.69, 9.17) is 9.47 Å². The summed E-state index contributed by atoms with van der Waals surface area (Å²) in [5.41, 5.74) is 0. The maximum Gasteiger partial charge on any atom is 0.276 e. The molecule has 2 aliphatic rings. The van der Waals surface area contributed by atoms with E-state index in [0.717, 1.165) is 25.9 Å². The first-order valence-electron chi connectivity index (χ1n) is 8.02. The Morgan fingerprint density at radius 1 is 1.50 bits per heavy atom. The summed E-state index contributed by atoms with van der Waals surface area (Å²) < 4.78 is 11.3. The lowest BCUT2D eigenvalue weighted by molar-refractivity contribution is -0.486. The number of hydrazone groups is 1.